The molecule has 6 heteroatoms. The fourth-order valence-electron chi connectivity index (χ4n) is 2.92. The number of hydrazine groups is 1. The van der Waals surface area contributed by atoms with Crippen LogP contribution in [0.4, 0.5) is 13.2 Å². The molecule has 0 aromatic heterocycles. The predicted octanol–water partition coefficient (Wildman–Crippen LogP) is 3.12. The number of benzene rings is 1. The first kappa shape index (κ1) is 17.9. The topological polar surface area (TPSA) is 41.3 Å². The van der Waals surface area contributed by atoms with Gasteiger partial charge in [-0.2, -0.15) is 0 Å². The number of likely N-dealkylation sites (N-methyl/N-ethyl adjacent to an activating group) is 1. The number of nitrogens with one attached hydrogen (secondary N) is 1. The highest BCUT2D eigenvalue weighted by Crippen LogP contribution is 2.35. The summed E-state index contributed by atoms with van der Waals surface area (Å²) in [6, 6.07) is 1.52. The van der Waals surface area contributed by atoms with E-state index in [1.54, 1.807) is 0 Å². The molecule has 0 spiro atoms. The monoisotopic (exact) mass is 303 g/mol. The Balaban J connectivity index is 3.38. The van der Waals surface area contributed by atoms with Gasteiger partial charge in [-0.3, -0.25) is 16.2 Å². The lowest BCUT2D eigenvalue weighted by Gasteiger charge is -2.45. The smallest absolute Gasteiger partial charge is 0.194 e. The largest absolute Gasteiger partial charge is 0.297 e. The Hall–Kier alpha value is -1.11. The van der Waals surface area contributed by atoms with Crippen molar-refractivity contribution in [2.75, 3.05) is 13.1 Å². The van der Waals surface area contributed by atoms with E-state index in [4.69, 9.17) is 5.84 Å². The average molecular weight is 303 g/mol. The maximum Gasteiger partial charge on any atom is 0.194 e. The van der Waals surface area contributed by atoms with E-state index in [2.05, 4.69) is 10.3 Å². The SMILES string of the molecule is CCN(CC)C(C)(CC)C(NN)c1ccc(F)c(F)c1F. The molecule has 0 saturated heterocycles. The van der Waals surface area contributed by atoms with E-state index < -0.39 is 29.0 Å². The van der Waals surface area contributed by atoms with Gasteiger partial charge in [0.2, 0.25) is 0 Å². The summed E-state index contributed by atoms with van der Waals surface area (Å²) in [5, 5.41) is 0. The highest BCUT2D eigenvalue weighted by molar-refractivity contribution is 5.27. The molecule has 0 radical (unpaired) electrons. The van der Waals surface area contributed by atoms with E-state index >= 15 is 0 Å². The molecule has 2 unspecified atom stereocenters. The number of halogens is 3. The third-order valence-corrected chi connectivity index (χ3v) is 4.37. The van der Waals surface area contributed by atoms with Crippen molar-refractivity contribution < 1.29 is 13.2 Å². The Kier molecular flexibility index (Phi) is 6.19. The molecule has 0 saturated carbocycles. The third kappa shape index (κ3) is 3.22. The molecule has 0 aliphatic carbocycles. The van der Waals surface area contributed by atoms with Crippen molar-refractivity contribution in [2.45, 2.75) is 45.7 Å². The summed E-state index contributed by atoms with van der Waals surface area (Å²) < 4.78 is 40.7. The van der Waals surface area contributed by atoms with Crippen molar-refractivity contribution in [3.63, 3.8) is 0 Å². The first-order chi connectivity index (χ1) is 9.87. The molecular weight excluding hydrogens is 279 g/mol. The van der Waals surface area contributed by atoms with E-state index in [-0.39, 0.29) is 5.56 Å². The van der Waals surface area contributed by atoms with Gasteiger partial charge in [0.15, 0.2) is 17.5 Å². The number of rotatable bonds is 7. The van der Waals surface area contributed by atoms with Gasteiger partial charge in [-0.15, -0.1) is 0 Å². The Morgan fingerprint density at radius 3 is 2.14 bits per heavy atom. The van der Waals surface area contributed by atoms with Crippen LogP contribution < -0.4 is 11.3 Å². The number of hydrogen-bond donors (Lipinski definition) is 2. The van der Waals surface area contributed by atoms with Crippen LogP contribution in [0.1, 0.15) is 45.7 Å². The van der Waals surface area contributed by atoms with E-state index in [0.717, 1.165) is 19.2 Å². The van der Waals surface area contributed by atoms with Crippen molar-refractivity contribution in [2.24, 2.45) is 5.84 Å². The highest BCUT2D eigenvalue weighted by atomic mass is 19.2. The van der Waals surface area contributed by atoms with Crippen LogP contribution in [0, 0.1) is 17.5 Å². The second kappa shape index (κ2) is 7.24. The lowest BCUT2D eigenvalue weighted by Crippen LogP contribution is -2.56. The van der Waals surface area contributed by atoms with Gasteiger partial charge in [0, 0.05) is 11.1 Å². The van der Waals surface area contributed by atoms with Gasteiger partial charge in [0.05, 0.1) is 6.04 Å². The molecule has 0 amide bonds. The van der Waals surface area contributed by atoms with Crippen molar-refractivity contribution in [1.29, 1.82) is 0 Å². The Morgan fingerprint density at radius 2 is 1.71 bits per heavy atom. The molecule has 0 aliphatic rings. The van der Waals surface area contributed by atoms with Crippen LogP contribution in [0.3, 0.4) is 0 Å². The summed E-state index contributed by atoms with van der Waals surface area (Å²) >= 11 is 0. The molecule has 0 fully saturated rings. The molecule has 0 bridgehead atoms. The van der Waals surface area contributed by atoms with Gasteiger partial charge in [0.25, 0.3) is 0 Å². The quantitative estimate of drug-likeness (QED) is 0.462. The van der Waals surface area contributed by atoms with E-state index in [0.29, 0.717) is 6.42 Å². The van der Waals surface area contributed by atoms with Crippen molar-refractivity contribution in [3.8, 4) is 0 Å². The molecule has 21 heavy (non-hydrogen) atoms. The fraction of sp³-hybridized carbons (Fsp3) is 0.600. The highest BCUT2D eigenvalue weighted by Gasteiger charge is 2.39. The standard InChI is InChI=1S/C15H24F3N3/c1-5-15(4,21(6-2)7-3)14(20-19)10-8-9-11(16)13(18)12(10)17/h8-9,14,20H,5-7,19H2,1-4H3. The fourth-order valence-corrected chi connectivity index (χ4v) is 2.92. The van der Waals surface area contributed by atoms with Gasteiger partial charge in [0.1, 0.15) is 0 Å². The van der Waals surface area contributed by atoms with Crippen LogP contribution in [0.2, 0.25) is 0 Å². The van der Waals surface area contributed by atoms with Gasteiger partial charge >= 0.3 is 0 Å². The minimum Gasteiger partial charge on any atom is -0.297 e. The second-order valence-electron chi connectivity index (χ2n) is 5.25. The summed E-state index contributed by atoms with van der Waals surface area (Å²) in [7, 11) is 0. The molecule has 1 rings (SSSR count). The third-order valence-electron chi connectivity index (χ3n) is 4.37. The van der Waals surface area contributed by atoms with Crippen LogP contribution >= 0.6 is 0 Å². The number of nitrogens with zero attached hydrogens (tertiary/aromatic N) is 1. The van der Waals surface area contributed by atoms with Gasteiger partial charge in [-0.1, -0.05) is 26.8 Å². The van der Waals surface area contributed by atoms with Crippen molar-refractivity contribution in [1.82, 2.24) is 10.3 Å². The minimum atomic E-state index is -1.47. The summed E-state index contributed by atoms with van der Waals surface area (Å²) in [5.74, 6) is 1.75. The molecule has 1 aromatic rings. The van der Waals surface area contributed by atoms with Crippen molar-refractivity contribution in [3.05, 3.63) is 35.1 Å². The van der Waals surface area contributed by atoms with Crippen LogP contribution in [0.5, 0.6) is 0 Å². The van der Waals surface area contributed by atoms with Crippen LogP contribution in [0.15, 0.2) is 12.1 Å². The maximum absolute atomic E-state index is 14.1. The molecule has 0 heterocycles. The first-order valence-corrected chi connectivity index (χ1v) is 7.21. The minimum absolute atomic E-state index is 0.0349. The Labute approximate surface area is 124 Å². The molecule has 1 aromatic carbocycles. The predicted molar refractivity (Wildman–Crippen MR) is 78.0 cm³/mol. The zero-order chi connectivity index (χ0) is 16.2. The molecule has 3 N–H and O–H groups in total. The lowest BCUT2D eigenvalue weighted by molar-refractivity contribution is 0.0681. The molecule has 0 aliphatic heterocycles. The first-order valence-electron chi connectivity index (χ1n) is 7.21. The number of hydrogen-bond acceptors (Lipinski definition) is 3. The van der Waals surface area contributed by atoms with Gasteiger partial charge < -0.3 is 0 Å². The van der Waals surface area contributed by atoms with Crippen LogP contribution in [-0.2, 0) is 0 Å². The second-order valence-corrected chi connectivity index (χ2v) is 5.25. The van der Waals surface area contributed by atoms with E-state index in [1.807, 2.05) is 27.7 Å². The van der Waals surface area contributed by atoms with E-state index in [9.17, 15) is 13.2 Å². The lowest BCUT2D eigenvalue weighted by atomic mass is 9.83. The zero-order valence-electron chi connectivity index (χ0n) is 13.0. The van der Waals surface area contributed by atoms with Gasteiger partial charge in [-0.25, -0.2) is 13.2 Å². The van der Waals surface area contributed by atoms with Crippen LogP contribution in [0.25, 0.3) is 0 Å². The van der Waals surface area contributed by atoms with Crippen LogP contribution in [-0.4, -0.2) is 23.5 Å². The van der Waals surface area contributed by atoms with Crippen molar-refractivity contribution >= 4 is 0 Å². The normalized spacial score (nSPS) is 16.0. The summed E-state index contributed by atoms with van der Waals surface area (Å²) in [5.41, 5.74) is 2.09. The Bertz CT molecular complexity index is 477. The molecule has 2 atom stereocenters. The summed E-state index contributed by atoms with van der Waals surface area (Å²) in [6.45, 7) is 9.36. The van der Waals surface area contributed by atoms with E-state index in [1.165, 1.54) is 6.07 Å². The summed E-state index contributed by atoms with van der Waals surface area (Å²) in [4.78, 5) is 2.12. The molecular formula is C15H24F3N3. The molecule has 120 valence electrons. The molecule has 3 nitrogen and oxygen atoms in total. The number of nitrogens with two attached hydrogens (primary N) is 1. The summed E-state index contributed by atoms with van der Waals surface area (Å²) in [6.07, 6.45) is 0.669. The Morgan fingerprint density at radius 1 is 1.14 bits per heavy atom. The maximum atomic E-state index is 14.1. The van der Waals surface area contributed by atoms with Gasteiger partial charge in [-0.05, 0) is 32.5 Å². The zero-order valence-corrected chi connectivity index (χ0v) is 13.0. The average Bonchev–Trinajstić information content (AvgIpc) is 2.49.